The van der Waals surface area contributed by atoms with Crippen molar-refractivity contribution in [3.05, 3.63) is 60.2 Å². The molecule has 0 saturated heterocycles. The van der Waals surface area contributed by atoms with E-state index in [4.69, 9.17) is 0 Å². The summed E-state index contributed by atoms with van der Waals surface area (Å²) in [6.07, 6.45) is 0. The number of halogens is 2. The fraction of sp³-hybridized carbons (Fsp3) is 0. The lowest BCUT2D eigenvalue weighted by molar-refractivity contribution is 0.585. The van der Waals surface area contributed by atoms with Gasteiger partial charge in [-0.25, -0.2) is 8.78 Å². The topological polar surface area (TPSA) is 0 Å². The standard InChI is InChI=1S/C12H7F2/c13-10-6-7-11(12(14)8-10)9-4-2-1-3-5-9/h1-4,6-8H. The summed E-state index contributed by atoms with van der Waals surface area (Å²) in [7, 11) is 0. The largest absolute Gasteiger partial charge is 0.207 e. The van der Waals surface area contributed by atoms with Gasteiger partial charge in [0.25, 0.3) is 0 Å². The third-order valence-corrected chi connectivity index (χ3v) is 1.93. The predicted octanol–water partition coefficient (Wildman–Crippen LogP) is 3.43. The van der Waals surface area contributed by atoms with E-state index in [1.807, 2.05) is 0 Å². The Morgan fingerprint density at radius 3 is 2.50 bits per heavy atom. The van der Waals surface area contributed by atoms with Crippen LogP contribution in [0.5, 0.6) is 0 Å². The quantitative estimate of drug-likeness (QED) is 0.644. The van der Waals surface area contributed by atoms with Crippen LogP contribution in [-0.2, 0) is 0 Å². The first kappa shape index (κ1) is 8.88. The highest BCUT2D eigenvalue weighted by atomic mass is 19.1. The molecule has 69 valence electrons. The van der Waals surface area contributed by atoms with Crippen LogP contribution >= 0.6 is 0 Å². The van der Waals surface area contributed by atoms with Gasteiger partial charge in [-0.05, 0) is 23.8 Å². The Kier molecular flexibility index (Phi) is 2.27. The normalized spacial score (nSPS) is 10.1. The average molecular weight is 189 g/mol. The van der Waals surface area contributed by atoms with Gasteiger partial charge in [0.1, 0.15) is 11.6 Å². The van der Waals surface area contributed by atoms with Crippen molar-refractivity contribution in [2.45, 2.75) is 0 Å². The molecule has 2 rings (SSSR count). The molecule has 0 unspecified atom stereocenters. The van der Waals surface area contributed by atoms with Crippen LogP contribution in [0.3, 0.4) is 0 Å². The van der Waals surface area contributed by atoms with Gasteiger partial charge in [-0.15, -0.1) is 0 Å². The van der Waals surface area contributed by atoms with Gasteiger partial charge >= 0.3 is 0 Å². The molecule has 0 N–H and O–H groups in total. The minimum Gasteiger partial charge on any atom is -0.207 e. The second-order valence-corrected chi connectivity index (χ2v) is 2.90. The summed E-state index contributed by atoms with van der Waals surface area (Å²) < 4.78 is 25.9. The smallest absolute Gasteiger partial charge is 0.133 e. The van der Waals surface area contributed by atoms with Gasteiger partial charge in [0.05, 0.1) is 0 Å². The first-order valence-corrected chi connectivity index (χ1v) is 4.19. The monoisotopic (exact) mass is 189 g/mol. The number of hydrogen-bond acceptors (Lipinski definition) is 0. The Morgan fingerprint density at radius 1 is 1.00 bits per heavy atom. The summed E-state index contributed by atoms with van der Waals surface area (Å²) in [6, 6.07) is 13.4. The molecule has 0 heterocycles. The zero-order valence-electron chi connectivity index (χ0n) is 7.30. The lowest BCUT2D eigenvalue weighted by atomic mass is 10.1. The van der Waals surface area contributed by atoms with Crippen molar-refractivity contribution in [1.29, 1.82) is 0 Å². The molecular weight excluding hydrogens is 182 g/mol. The maximum Gasteiger partial charge on any atom is 0.133 e. The zero-order chi connectivity index (χ0) is 9.97. The van der Waals surface area contributed by atoms with Crippen LogP contribution in [0.4, 0.5) is 8.78 Å². The van der Waals surface area contributed by atoms with Gasteiger partial charge in [-0.2, -0.15) is 0 Å². The summed E-state index contributed by atoms with van der Waals surface area (Å²) >= 11 is 0. The highest BCUT2D eigenvalue weighted by Crippen LogP contribution is 2.22. The molecule has 0 bridgehead atoms. The molecule has 0 saturated carbocycles. The third-order valence-electron chi connectivity index (χ3n) is 1.93. The minimum atomic E-state index is -0.567. The summed E-state index contributed by atoms with van der Waals surface area (Å²) in [6.45, 7) is 0. The van der Waals surface area contributed by atoms with Crippen molar-refractivity contribution in [2.75, 3.05) is 0 Å². The Morgan fingerprint density at radius 2 is 1.86 bits per heavy atom. The van der Waals surface area contributed by atoms with Gasteiger partial charge in [0, 0.05) is 11.6 Å². The SMILES string of the molecule is Fc1ccc(-c2[c]cccc2)c(F)c1. The lowest BCUT2D eigenvalue weighted by Crippen LogP contribution is -1.85. The van der Waals surface area contributed by atoms with E-state index in [-0.39, 0.29) is 0 Å². The Bertz CT molecular complexity index is 435. The van der Waals surface area contributed by atoms with Crippen LogP contribution < -0.4 is 0 Å². The van der Waals surface area contributed by atoms with Crippen LogP contribution in [0, 0.1) is 17.7 Å². The third kappa shape index (κ3) is 1.64. The van der Waals surface area contributed by atoms with Crippen molar-refractivity contribution >= 4 is 0 Å². The highest BCUT2D eigenvalue weighted by molar-refractivity contribution is 5.63. The van der Waals surface area contributed by atoms with Gasteiger partial charge in [-0.3, -0.25) is 0 Å². The molecule has 0 fully saturated rings. The summed E-state index contributed by atoms with van der Waals surface area (Å²) in [5.41, 5.74) is 0.997. The number of rotatable bonds is 1. The summed E-state index contributed by atoms with van der Waals surface area (Å²) in [4.78, 5) is 0. The van der Waals surface area contributed by atoms with E-state index < -0.39 is 11.6 Å². The van der Waals surface area contributed by atoms with E-state index in [1.165, 1.54) is 12.1 Å². The Hall–Kier alpha value is -1.70. The van der Waals surface area contributed by atoms with E-state index in [9.17, 15) is 8.78 Å². The minimum absolute atomic E-state index is 0.368. The van der Waals surface area contributed by atoms with Gasteiger partial charge in [-0.1, -0.05) is 24.3 Å². The fourth-order valence-corrected chi connectivity index (χ4v) is 1.27. The first-order valence-electron chi connectivity index (χ1n) is 4.19. The van der Waals surface area contributed by atoms with Crippen LogP contribution in [-0.4, -0.2) is 0 Å². The van der Waals surface area contributed by atoms with E-state index in [2.05, 4.69) is 6.07 Å². The molecule has 2 aromatic carbocycles. The molecule has 2 aromatic rings. The second kappa shape index (κ2) is 3.58. The van der Waals surface area contributed by atoms with Gasteiger partial charge in [0.15, 0.2) is 0 Å². The van der Waals surface area contributed by atoms with Crippen molar-refractivity contribution in [2.24, 2.45) is 0 Å². The molecular formula is C12H7F2. The van der Waals surface area contributed by atoms with Gasteiger partial charge < -0.3 is 0 Å². The number of hydrogen-bond donors (Lipinski definition) is 0. The fourth-order valence-electron chi connectivity index (χ4n) is 1.27. The lowest BCUT2D eigenvalue weighted by Gasteiger charge is -2.01. The summed E-state index contributed by atoms with van der Waals surface area (Å²) in [5, 5.41) is 0. The van der Waals surface area contributed by atoms with E-state index in [0.29, 0.717) is 11.1 Å². The molecule has 0 aromatic heterocycles. The van der Waals surface area contributed by atoms with Crippen molar-refractivity contribution < 1.29 is 8.78 Å². The molecule has 0 amide bonds. The predicted molar refractivity (Wildman–Crippen MR) is 50.6 cm³/mol. The first-order chi connectivity index (χ1) is 6.77. The maximum atomic E-state index is 13.3. The average Bonchev–Trinajstić information content (AvgIpc) is 2.19. The molecule has 2 heteroatoms. The molecule has 0 aliphatic carbocycles. The second-order valence-electron chi connectivity index (χ2n) is 2.90. The maximum absolute atomic E-state index is 13.3. The molecule has 0 spiro atoms. The van der Waals surface area contributed by atoms with E-state index in [0.717, 1.165) is 6.07 Å². The van der Waals surface area contributed by atoms with Crippen molar-refractivity contribution in [3.63, 3.8) is 0 Å². The summed E-state index contributed by atoms with van der Waals surface area (Å²) in [5.74, 6) is -1.13. The van der Waals surface area contributed by atoms with Crippen LogP contribution in [0.1, 0.15) is 0 Å². The molecule has 0 aliphatic rings. The molecule has 0 nitrogen and oxygen atoms in total. The number of benzene rings is 2. The zero-order valence-corrected chi connectivity index (χ0v) is 7.30. The van der Waals surface area contributed by atoms with Crippen molar-refractivity contribution in [1.82, 2.24) is 0 Å². The van der Waals surface area contributed by atoms with Crippen LogP contribution in [0.15, 0.2) is 42.5 Å². The Balaban J connectivity index is 2.53. The van der Waals surface area contributed by atoms with Crippen LogP contribution in [0.25, 0.3) is 11.1 Å². The van der Waals surface area contributed by atoms with Crippen LogP contribution in [0.2, 0.25) is 0 Å². The van der Waals surface area contributed by atoms with Gasteiger partial charge in [0.2, 0.25) is 0 Å². The highest BCUT2D eigenvalue weighted by Gasteiger charge is 2.04. The molecule has 14 heavy (non-hydrogen) atoms. The molecule has 1 radical (unpaired) electrons. The van der Waals surface area contributed by atoms with Crippen molar-refractivity contribution in [3.8, 4) is 11.1 Å². The molecule has 0 atom stereocenters. The van der Waals surface area contributed by atoms with E-state index >= 15 is 0 Å². The van der Waals surface area contributed by atoms with E-state index in [1.54, 1.807) is 24.3 Å². The molecule has 0 aliphatic heterocycles. The Labute approximate surface area is 80.8 Å².